The zero-order chi connectivity index (χ0) is 30.3. The molecule has 0 amide bonds. The lowest BCUT2D eigenvalue weighted by Gasteiger charge is -2.15. The molecular formula is C40H28N4S. The number of rotatable bonds is 6. The second-order valence-corrected chi connectivity index (χ2v) is 12.4. The fourth-order valence-corrected chi connectivity index (χ4v) is 7.55. The highest BCUT2D eigenvalue weighted by Crippen LogP contribution is 2.42. The smallest absolute Gasteiger partial charge is 0.0991 e. The van der Waals surface area contributed by atoms with Crippen LogP contribution in [-0.4, -0.2) is 22.8 Å². The molecule has 0 aliphatic rings. The fourth-order valence-electron chi connectivity index (χ4n) is 6.32. The first-order chi connectivity index (χ1) is 22.2. The Morgan fingerprint density at radius 2 is 1.49 bits per heavy atom. The van der Waals surface area contributed by atoms with Gasteiger partial charge in [-0.15, -0.1) is 11.3 Å². The predicted molar refractivity (Wildman–Crippen MR) is 189 cm³/mol. The van der Waals surface area contributed by atoms with Gasteiger partial charge < -0.3 is 4.57 Å². The van der Waals surface area contributed by atoms with E-state index in [-0.39, 0.29) is 0 Å². The third kappa shape index (κ3) is 4.82. The van der Waals surface area contributed by atoms with Gasteiger partial charge in [0.1, 0.15) is 0 Å². The van der Waals surface area contributed by atoms with Crippen LogP contribution in [0, 0.1) is 11.3 Å². The summed E-state index contributed by atoms with van der Waals surface area (Å²) in [5.41, 5.74) is 8.57. The molecule has 0 aliphatic carbocycles. The lowest BCUT2D eigenvalue weighted by molar-refractivity contribution is 0.349. The third-order valence-corrected chi connectivity index (χ3v) is 9.61. The molecule has 0 saturated heterocycles. The maximum atomic E-state index is 9.78. The minimum atomic E-state index is 0.658. The molecule has 4 nitrogen and oxygen atoms in total. The third-order valence-electron chi connectivity index (χ3n) is 8.39. The van der Waals surface area contributed by atoms with E-state index < -0.39 is 0 Å². The number of hydrazone groups is 1. The average Bonchev–Trinajstić information content (AvgIpc) is 3.63. The number of aromatic nitrogens is 1. The van der Waals surface area contributed by atoms with Gasteiger partial charge in [-0.2, -0.15) is 10.4 Å². The number of fused-ring (bicyclic) bond motifs is 6. The van der Waals surface area contributed by atoms with E-state index in [1.165, 1.54) is 31.3 Å². The van der Waals surface area contributed by atoms with Gasteiger partial charge in [0.15, 0.2) is 0 Å². The summed E-state index contributed by atoms with van der Waals surface area (Å²) < 4.78 is 4.91. The molecule has 0 N–H and O–H groups in total. The van der Waals surface area contributed by atoms with Gasteiger partial charge in [-0.05, 0) is 70.8 Å². The van der Waals surface area contributed by atoms with Crippen LogP contribution in [0.1, 0.15) is 16.7 Å². The van der Waals surface area contributed by atoms with Gasteiger partial charge in [0.2, 0.25) is 0 Å². The van der Waals surface area contributed by atoms with Gasteiger partial charge in [-0.1, -0.05) is 84.9 Å². The Kier molecular flexibility index (Phi) is 6.63. The molecule has 2 aromatic heterocycles. The van der Waals surface area contributed by atoms with Crippen LogP contribution in [-0.2, 0) is 6.54 Å². The first-order valence-corrected chi connectivity index (χ1v) is 15.8. The maximum absolute atomic E-state index is 9.78. The molecule has 0 unspecified atom stereocenters. The van der Waals surface area contributed by atoms with Crippen LogP contribution in [0.15, 0.2) is 139 Å². The fraction of sp³-hybridized carbons (Fsp3) is 0.0500. The SMILES string of the molecule is CN(Cc1cccc(-n2c3ccc(C#N)cc3c3cc(-c4cccc5c4sc4ccccc45)ccc32)c1)/N=C/c1ccccc1. The van der Waals surface area contributed by atoms with Gasteiger partial charge >= 0.3 is 0 Å². The lowest BCUT2D eigenvalue weighted by atomic mass is 10.0. The largest absolute Gasteiger partial charge is 0.309 e. The quantitative estimate of drug-likeness (QED) is 0.142. The first-order valence-electron chi connectivity index (χ1n) is 14.9. The molecule has 0 saturated carbocycles. The molecule has 0 radical (unpaired) electrons. The Balaban J connectivity index is 1.24. The molecule has 0 atom stereocenters. The Labute approximate surface area is 265 Å². The summed E-state index contributed by atoms with van der Waals surface area (Å²) in [6, 6.07) is 49.1. The highest BCUT2D eigenvalue weighted by molar-refractivity contribution is 7.26. The minimum Gasteiger partial charge on any atom is -0.309 e. The van der Waals surface area contributed by atoms with Crippen molar-refractivity contribution in [2.45, 2.75) is 6.54 Å². The average molecular weight is 597 g/mol. The number of nitriles is 1. The predicted octanol–water partition coefficient (Wildman–Crippen LogP) is 10.2. The lowest BCUT2D eigenvalue weighted by Crippen LogP contribution is -2.11. The summed E-state index contributed by atoms with van der Waals surface area (Å²) >= 11 is 1.85. The Morgan fingerprint density at radius 3 is 2.36 bits per heavy atom. The van der Waals surface area contributed by atoms with E-state index >= 15 is 0 Å². The summed E-state index contributed by atoms with van der Waals surface area (Å²) in [5, 5.41) is 21.2. The van der Waals surface area contributed by atoms with E-state index in [1.54, 1.807) is 0 Å². The van der Waals surface area contributed by atoms with E-state index in [1.807, 2.05) is 72.1 Å². The van der Waals surface area contributed by atoms with Crippen molar-refractivity contribution < 1.29 is 0 Å². The van der Waals surface area contributed by atoms with Crippen molar-refractivity contribution >= 4 is 59.5 Å². The minimum absolute atomic E-state index is 0.658. The molecule has 0 spiro atoms. The molecule has 6 aromatic carbocycles. The topological polar surface area (TPSA) is 44.3 Å². The van der Waals surface area contributed by atoms with Crippen LogP contribution in [0.3, 0.4) is 0 Å². The molecular weight excluding hydrogens is 569 g/mol. The van der Waals surface area contributed by atoms with Gasteiger partial charge in [0, 0.05) is 43.7 Å². The van der Waals surface area contributed by atoms with Gasteiger partial charge in [0.05, 0.1) is 35.4 Å². The van der Waals surface area contributed by atoms with Crippen molar-refractivity contribution in [1.82, 2.24) is 9.58 Å². The van der Waals surface area contributed by atoms with Crippen molar-refractivity contribution in [2.24, 2.45) is 5.10 Å². The molecule has 0 aliphatic heterocycles. The van der Waals surface area contributed by atoms with E-state index in [0.29, 0.717) is 12.1 Å². The van der Waals surface area contributed by atoms with E-state index in [0.717, 1.165) is 38.6 Å². The summed E-state index contributed by atoms with van der Waals surface area (Å²) in [7, 11) is 1.99. The maximum Gasteiger partial charge on any atom is 0.0991 e. The molecule has 8 aromatic rings. The van der Waals surface area contributed by atoms with Crippen LogP contribution in [0.4, 0.5) is 0 Å². The second-order valence-electron chi connectivity index (χ2n) is 11.3. The Bertz CT molecular complexity index is 2440. The zero-order valence-corrected chi connectivity index (χ0v) is 25.5. The number of thiophene rings is 1. The molecule has 0 fully saturated rings. The highest BCUT2D eigenvalue weighted by atomic mass is 32.1. The van der Waals surface area contributed by atoms with Crippen LogP contribution in [0.2, 0.25) is 0 Å². The van der Waals surface area contributed by atoms with Crippen molar-refractivity contribution in [3.05, 3.63) is 150 Å². The van der Waals surface area contributed by atoms with Crippen molar-refractivity contribution in [2.75, 3.05) is 7.05 Å². The zero-order valence-electron chi connectivity index (χ0n) is 24.7. The Morgan fingerprint density at radius 1 is 0.733 bits per heavy atom. The number of hydrogen-bond donors (Lipinski definition) is 0. The Hall–Kier alpha value is -5.70. The normalized spacial score (nSPS) is 11.6. The van der Waals surface area contributed by atoms with Gasteiger partial charge in [-0.25, -0.2) is 0 Å². The van der Waals surface area contributed by atoms with Crippen LogP contribution in [0.5, 0.6) is 0 Å². The van der Waals surface area contributed by atoms with Gasteiger partial charge in [-0.3, -0.25) is 5.01 Å². The van der Waals surface area contributed by atoms with E-state index in [9.17, 15) is 5.26 Å². The van der Waals surface area contributed by atoms with Crippen LogP contribution >= 0.6 is 11.3 Å². The van der Waals surface area contributed by atoms with E-state index in [2.05, 4.69) is 107 Å². The van der Waals surface area contributed by atoms with Crippen LogP contribution in [0.25, 0.3) is 58.8 Å². The van der Waals surface area contributed by atoms with Crippen LogP contribution < -0.4 is 0 Å². The molecule has 5 heteroatoms. The summed E-state index contributed by atoms with van der Waals surface area (Å²) in [6.45, 7) is 0.677. The molecule has 2 heterocycles. The molecule has 214 valence electrons. The van der Waals surface area contributed by atoms with Crippen molar-refractivity contribution in [3.8, 4) is 22.9 Å². The summed E-state index contributed by atoms with van der Waals surface area (Å²) in [4.78, 5) is 0. The monoisotopic (exact) mass is 596 g/mol. The van der Waals surface area contributed by atoms with Crippen molar-refractivity contribution in [3.63, 3.8) is 0 Å². The molecule has 45 heavy (non-hydrogen) atoms. The first kappa shape index (κ1) is 26.9. The number of nitrogens with zero attached hydrogens (tertiary/aromatic N) is 4. The number of hydrogen-bond acceptors (Lipinski definition) is 4. The highest BCUT2D eigenvalue weighted by Gasteiger charge is 2.16. The second kappa shape index (κ2) is 11.1. The van der Waals surface area contributed by atoms with Crippen molar-refractivity contribution in [1.29, 1.82) is 5.26 Å². The standard InChI is InChI=1S/C40H28N4S/c1-43(42-25-27-9-3-2-4-10-27)26-29-11-7-12-31(21-29)44-37-19-17-28(24-41)22-35(37)36-23-30(18-20-38(36)44)32-14-8-15-34-33-13-5-6-16-39(33)45-40(32)34/h2-23,25H,26H2,1H3/b42-25+. The van der Waals surface area contributed by atoms with E-state index in [4.69, 9.17) is 0 Å². The molecule has 8 rings (SSSR count). The number of benzene rings is 6. The summed E-state index contributed by atoms with van der Waals surface area (Å²) in [6.07, 6.45) is 1.89. The van der Waals surface area contributed by atoms with Gasteiger partial charge in [0.25, 0.3) is 0 Å². The summed E-state index contributed by atoms with van der Waals surface area (Å²) in [5.74, 6) is 0. The molecule has 0 bridgehead atoms.